The lowest BCUT2D eigenvalue weighted by molar-refractivity contribution is 0.0740. The van der Waals surface area contributed by atoms with E-state index in [1.165, 1.54) is 17.0 Å². The van der Waals surface area contributed by atoms with Gasteiger partial charge in [0.15, 0.2) is 0 Å². The number of benzene rings is 2. The molecule has 21 heavy (non-hydrogen) atoms. The maximum absolute atomic E-state index is 13.8. The quantitative estimate of drug-likeness (QED) is 0.903. The van der Waals surface area contributed by atoms with E-state index in [9.17, 15) is 14.3 Å². The number of aromatic hydroxyl groups is 1. The fourth-order valence-corrected chi connectivity index (χ4v) is 2.29. The average Bonchev–Trinajstić information content (AvgIpc) is 2.48. The molecule has 0 bridgehead atoms. The molecule has 5 heteroatoms. The van der Waals surface area contributed by atoms with Crippen LogP contribution < -0.4 is 0 Å². The van der Waals surface area contributed by atoms with Crippen molar-refractivity contribution in [3.63, 3.8) is 0 Å². The van der Waals surface area contributed by atoms with Gasteiger partial charge in [-0.15, -0.1) is 0 Å². The van der Waals surface area contributed by atoms with Crippen LogP contribution >= 0.6 is 15.9 Å². The van der Waals surface area contributed by atoms with Crippen LogP contribution in [0.15, 0.2) is 46.9 Å². The van der Waals surface area contributed by atoms with E-state index in [1.54, 1.807) is 44.3 Å². The van der Waals surface area contributed by atoms with Crippen molar-refractivity contribution < 1.29 is 14.3 Å². The first-order chi connectivity index (χ1) is 9.91. The van der Waals surface area contributed by atoms with Crippen molar-refractivity contribution in [3.05, 3.63) is 63.9 Å². The van der Waals surface area contributed by atoms with Gasteiger partial charge in [0.05, 0.1) is 10.5 Å². The molecule has 1 amide bonds. The summed E-state index contributed by atoms with van der Waals surface area (Å²) in [5.41, 5.74) is 0.802. The first kappa shape index (κ1) is 15.5. The zero-order chi connectivity index (χ0) is 15.6. The van der Waals surface area contributed by atoms with Gasteiger partial charge in [-0.1, -0.05) is 18.2 Å². The minimum atomic E-state index is -0.413. The van der Waals surface area contributed by atoms with Gasteiger partial charge in [0.25, 0.3) is 5.91 Å². The van der Waals surface area contributed by atoms with E-state index in [0.717, 1.165) is 0 Å². The van der Waals surface area contributed by atoms with Crippen molar-refractivity contribution in [2.45, 2.75) is 13.0 Å². The molecule has 0 aliphatic heterocycles. The standard InChI is InChI=1S/C16H15BrFNO2/c1-10(12-5-3-4-6-14(12)18)19(2)16(21)11-7-8-13(17)15(20)9-11/h3-10,20H,1-2H3. The Morgan fingerprint density at radius 2 is 1.95 bits per heavy atom. The van der Waals surface area contributed by atoms with Crippen LogP contribution in [0.3, 0.4) is 0 Å². The first-order valence-corrected chi connectivity index (χ1v) is 7.21. The highest BCUT2D eigenvalue weighted by molar-refractivity contribution is 9.10. The summed E-state index contributed by atoms with van der Waals surface area (Å²) in [6, 6.07) is 10.6. The van der Waals surface area contributed by atoms with Gasteiger partial charge in [-0.05, 0) is 47.1 Å². The Hall–Kier alpha value is -1.88. The van der Waals surface area contributed by atoms with E-state index in [4.69, 9.17) is 0 Å². The summed E-state index contributed by atoms with van der Waals surface area (Å²) in [7, 11) is 1.61. The van der Waals surface area contributed by atoms with Gasteiger partial charge in [-0.25, -0.2) is 4.39 Å². The van der Waals surface area contributed by atoms with Crippen LogP contribution in [0.25, 0.3) is 0 Å². The number of amides is 1. The summed E-state index contributed by atoms with van der Waals surface area (Å²) in [5.74, 6) is -0.635. The van der Waals surface area contributed by atoms with E-state index >= 15 is 0 Å². The summed E-state index contributed by atoms with van der Waals surface area (Å²) in [6.45, 7) is 1.76. The Bertz CT molecular complexity index is 675. The Kier molecular flexibility index (Phi) is 4.63. The van der Waals surface area contributed by atoms with Crippen LogP contribution in [0.2, 0.25) is 0 Å². The molecule has 0 spiro atoms. The minimum absolute atomic E-state index is 0.00667. The molecular weight excluding hydrogens is 337 g/mol. The normalized spacial score (nSPS) is 12.0. The van der Waals surface area contributed by atoms with Crippen LogP contribution in [0.4, 0.5) is 4.39 Å². The van der Waals surface area contributed by atoms with E-state index < -0.39 is 6.04 Å². The number of halogens is 2. The van der Waals surface area contributed by atoms with Crippen LogP contribution in [-0.2, 0) is 0 Å². The first-order valence-electron chi connectivity index (χ1n) is 6.42. The number of rotatable bonds is 3. The topological polar surface area (TPSA) is 40.5 Å². The van der Waals surface area contributed by atoms with Crippen molar-refractivity contribution in [1.29, 1.82) is 0 Å². The molecule has 0 heterocycles. The van der Waals surface area contributed by atoms with Gasteiger partial charge in [0.2, 0.25) is 0 Å². The predicted molar refractivity (Wildman–Crippen MR) is 82.7 cm³/mol. The molecule has 0 aliphatic carbocycles. The number of phenolic OH excluding ortho intramolecular Hbond substituents is 1. The Morgan fingerprint density at radius 1 is 1.29 bits per heavy atom. The fraction of sp³-hybridized carbons (Fsp3) is 0.188. The second-order valence-electron chi connectivity index (χ2n) is 4.78. The molecule has 0 fully saturated rings. The zero-order valence-electron chi connectivity index (χ0n) is 11.7. The molecule has 1 unspecified atom stereocenters. The monoisotopic (exact) mass is 351 g/mol. The van der Waals surface area contributed by atoms with Gasteiger partial charge in [0, 0.05) is 18.2 Å². The van der Waals surface area contributed by atoms with E-state index in [2.05, 4.69) is 15.9 Å². The lowest BCUT2D eigenvalue weighted by Gasteiger charge is -2.25. The van der Waals surface area contributed by atoms with Gasteiger partial charge in [-0.2, -0.15) is 0 Å². The van der Waals surface area contributed by atoms with Crippen molar-refractivity contribution in [3.8, 4) is 5.75 Å². The fourth-order valence-electron chi connectivity index (χ4n) is 2.05. The smallest absolute Gasteiger partial charge is 0.254 e. The number of nitrogens with zero attached hydrogens (tertiary/aromatic N) is 1. The lowest BCUT2D eigenvalue weighted by atomic mass is 10.1. The molecule has 1 N–H and O–H groups in total. The van der Waals surface area contributed by atoms with Gasteiger partial charge < -0.3 is 10.0 Å². The molecule has 3 nitrogen and oxygen atoms in total. The number of carbonyl (C=O) groups is 1. The van der Waals surface area contributed by atoms with Gasteiger partial charge in [-0.3, -0.25) is 4.79 Å². The molecular formula is C16H15BrFNO2. The van der Waals surface area contributed by atoms with E-state index in [1.807, 2.05) is 0 Å². The van der Waals surface area contributed by atoms with Crippen molar-refractivity contribution >= 4 is 21.8 Å². The Labute approximate surface area is 131 Å². The highest BCUT2D eigenvalue weighted by atomic mass is 79.9. The highest BCUT2D eigenvalue weighted by Crippen LogP contribution is 2.27. The van der Waals surface area contributed by atoms with Crippen molar-refractivity contribution in [1.82, 2.24) is 4.90 Å². The highest BCUT2D eigenvalue weighted by Gasteiger charge is 2.21. The van der Waals surface area contributed by atoms with Crippen LogP contribution in [0.5, 0.6) is 5.75 Å². The van der Waals surface area contributed by atoms with Crippen LogP contribution in [-0.4, -0.2) is 23.0 Å². The maximum atomic E-state index is 13.8. The number of hydrogen-bond acceptors (Lipinski definition) is 2. The lowest BCUT2D eigenvalue weighted by Crippen LogP contribution is -2.30. The third-order valence-corrected chi connectivity index (χ3v) is 4.12. The summed E-state index contributed by atoms with van der Waals surface area (Å²) in [5, 5.41) is 9.65. The van der Waals surface area contributed by atoms with E-state index in [-0.39, 0.29) is 17.5 Å². The molecule has 2 rings (SSSR count). The number of hydrogen-bond donors (Lipinski definition) is 1. The third kappa shape index (κ3) is 3.24. The largest absolute Gasteiger partial charge is 0.507 e. The summed E-state index contributed by atoms with van der Waals surface area (Å²) >= 11 is 3.17. The molecule has 0 radical (unpaired) electrons. The predicted octanol–water partition coefficient (Wildman–Crippen LogP) is 4.13. The van der Waals surface area contributed by atoms with E-state index in [0.29, 0.717) is 15.6 Å². The molecule has 0 saturated carbocycles. The van der Waals surface area contributed by atoms with Crippen LogP contribution in [0, 0.1) is 5.82 Å². The summed E-state index contributed by atoms with van der Waals surface area (Å²) in [4.78, 5) is 13.9. The summed E-state index contributed by atoms with van der Waals surface area (Å²) in [6.07, 6.45) is 0. The molecule has 0 aliphatic rings. The Balaban J connectivity index is 2.26. The van der Waals surface area contributed by atoms with Gasteiger partial charge >= 0.3 is 0 Å². The third-order valence-electron chi connectivity index (χ3n) is 3.45. The summed E-state index contributed by atoms with van der Waals surface area (Å²) < 4.78 is 14.3. The van der Waals surface area contributed by atoms with Crippen molar-refractivity contribution in [2.24, 2.45) is 0 Å². The number of phenols is 1. The maximum Gasteiger partial charge on any atom is 0.254 e. The molecule has 110 valence electrons. The number of carbonyl (C=O) groups excluding carboxylic acids is 1. The second kappa shape index (κ2) is 6.26. The SMILES string of the molecule is CC(c1ccccc1F)N(C)C(=O)c1ccc(Br)c(O)c1. The molecule has 0 aromatic heterocycles. The molecule has 1 atom stereocenters. The zero-order valence-corrected chi connectivity index (χ0v) is 13.3. The average molecular weight is 352 g/mol. The molecule has 0 saturated heterocycles. The van der Waals surface area contributed by atoms with Crippen LogP contribution in [0.1, 0.15) is 28.9 Å². The Morgan fingerprint density at radius 3 is 2.57 bits per heavy atom. The van der Waals surface area contributed by atoms with Gasteiger partial charge in [0.1, 0.15) is 11.6 Å². The molecule has 2 aromatic rings. The second-order valence-corrected chi connectivity index (χ2v) is 5.63. The molecule has 2 aromatic carbocycles. The minimum Gasteiger partial charge on any atom is -0.507 e. The van der Waals surface area contributed by atoms with Crippen molar-refractivity contribution in [2.75, 3.05) is 7.05 Å².